The molecule has 1 atom stereocenters. The molecule has 3 amide bonds. The fraction of sp³-hybridized carbons (Fsp3) is 0.261. The topological polar surface area (TPSA) is 84.9 Å². The highest BCUT2D eigenvalue weighted by molar-refractivity contribution is 8.18. The molecule has 31 heavy (non-hydrogen) atoms. The Bertz CT molecular complexity index is 1040. The number of imide groups is 1. The van der Waals surface area contributed by atoms with Gasteiger partial charge in [0.1, 0.15) is 0 Å². The van der Waals surface area contributed by atoms with Crippen LogP contribution >= 0.6 is 11.8 Å². The number of fused-ring (bicyclic) bond motifs is 1. The van der Waals surface area contributed by atoms with Crippen molar-refractivity contribution in [3.8, 4) is 11.5 Å². The average molecular weight is 439 g/mol. The van der Waals surface area contributed by atoms with Crippen LogP contribution in [0.3, 0.4) is 0 Å². The van der Waals surface area contributed by atoms with E-state index in [9.17, 15) is 14.4 Å². The number of carbonyl (C=O) groups excluding carboxylic acids is 3. The van der Waals surface area contributed by atoms with Crippen molar-refractivity contribution in [2.24, 2.45) is 0 Å². The van der Waals surface area contributed by atoms with Gasteiger partial charge in [0, 0.05) is 13.1 Å². The zero-order valence-electron chi connectivity index (χ0n) is 17.0. The number of carbonyl (C=O) groups is 3. The van der Waals surface area contributed by atoms with E-state index in [1.165, 1.54) is 0 Å². The monoisotopic (exact) mass is 438 g/mol. The van der Waals surface area contributed by atoms with Crippen molar-refractivity contribution in [1.29, 1.82) is 0 Å². The first-order valence-corrected chi connectivity index (χ1v) is 10.9. The number of hydrogen-bond acceptors (Lipinski definition) is 6. The highest BCUT2D eigenvalue weighted by atomic mass is 32.2. The van der Waals surface area contributed by atoms with Gasteiger partial charge in [0.15, 0.2) is 11.5 Å². The first-order valence-electron chi connectivity index (χ1n) is 10.0. The summed E-state index contributed by atoms with van der Waals surface area (Å²) in [5.41, 5.74) is 1.69. The van der Waals surface area contributed by atoms with Gasteiger partial charge < -0.3 is 14.8 Å². The third-order valence-corrected chi connectivity index (χ3v) is 6.04. The summed E-state index contributed by atoms with van der Waals surface area (Å²) in [6.07, 6.45) is 2.32. The van der Waals surface area contributed by atoms with E-state index in [1.54, 1.807) is 24.3 Å². The third-order valence-electron chi connectivity index (χ3n) is 5.13. The van der Waals surface area contributed by atoms with Crippen molar-refractivity contribution in [1.82, 2.24) is 10.2 Å². The maximum atomic E-state index is 12.7. The molecule has 2 aliphatic rings. The van der Waals surface area contributed by atoms with Crippen LogP contribution in [0, 0.1) is 0 Å². The summed E-state index contributed by atoms with van der Waals surface area (Å²) in [4.78, 5) is 39.1. The van der Waals surface area contributed by atoms with Gasteiger partial charge in [-0.05, 0) is 47.5 Å². The Morgan fingerprint density at radius 1 is 1.16 bits per heavy atom. The number of hydrogen-bond donors (Lipinski definition) is 1. The normalized spacial score (nSPS) is 17.3. The molecule has 1 fully saturated rings. The zero-order valence-corrected chi connectivity index (χ0v) is 17.8. The van der Waals surface area contributed by atoms with E-state index in [2.05, 4.69) is 5.32 Å². The Morgan fingerprint density at radius 3 is 2.71 bits per heavy atom. The highest BCUT2D eigenvalue weighted by Crippen LogP contribution is 2.36. The largest absolute Gasteiger partial charge is 0.454 e. The lowest BCUT2D eigenvalue weighted by molar-refractivity contribution is -0.125. The fourth-order valence-corrected chi connectivity index (χ4v) is 4.38. The van der Waals surface area contributed by atoms with Gasteiger partial charge in [-0.3, -0.25) is 19.3 Å². The van der Waals surface area contributed by atoms with Crippen LogP contribution < -0.4 is 14.8 Å². The first kappa shape index (κ1) is 21.0. The van der Waals surface area contributed by atoms with Gasteiger partial charge in [0.25, 0.3) is 11.1 Å². The summed E-state index contributed by atoms with van der Waals surface area (Å²) in [6, 6.07) is 14.9. The van der Waals surface area contributed by atoms with E-state index in [-0.39, 0.29) is 42.9 Å². The van der Waals surface area contributed by atoms with Crippen molar-refractivity contribution in [3.05, 3.63) is 64.6 Å². The predicted molar refractivity (Wildman–Crippen MR) is 118 cm³/mol. The molecule has 8 heteroatoms. The second-order valence-corrected chi connectivity index (χ2v) is 8.10. The van der Waals surface area contributed by atoms with Crippen LogP contribution in [0.25, 0.3) is 6.08 Å². The number of benzene rings is 2. The maximum Gasteiger partial charge on any atom is 0.293 e. The van der Waals surface area contributed by atoms with Crippen LogP contribution in [0.15, 0.2) is 53.4 Å². The molecule has 0 saturated carbocycles. The third kappa shape index (κ3) is 4.59. The number of nitrogens with zero attached hydrogens (tertiary/aromatic N) is 1. The molecule has 0 aliphatic carbocycles. The number of ether oxygens (including phenoxy) is 2. The van der Waals surface area contributed by atoms with Gasteiger partial charge in [-0.1, -0.05) is 43.3 Å². The lowest BCUT2D eigenvalue weighted by Crippen LogP contribution is -2.38. The summed E-state index contributed by atoms with van der Waals surface area (Å²) < 4.78 is 10.6. The number of thioether (sulfide) groups is 1. The minimum Gasteiger partial charge on any atom is -0.454 e. The van der Waals surface area contributed by atoms with E-state index >= 15 is 0 Å². The van der Waals surface area contributed by atoms with E-state index in [4.69, 9.17) is 9.47 Å². The van der Waals surface area contributed by atoms with E-state index in [1.807, 2.05) is 37.3 Å². The summed E-state index contributed by atoms with van der Waals surface area (Å²) in [5.74, 6) is 0.525. The Labute approximate surface area is 184 Å². The SMILES string of the molecule is CCC(C(=O)NCCN1C(=O)S/C(=C/c2ccc3c(c2)OCO3)C1=O)c1ccccc1. The smallest absolute Gasteiger partial charge is 0.293 e. The molecule has 2 aliphatic heterocycles. The second kappa shape index (κ2) is 9.26. The molecule has 4 rings (SSSR count). The van der Waals surface area contributed by atoms with Gasteiger partial charge in [-0.15, -0.1) is 0 Å². The molecule has 2 aromatic rings. The quantitative estimate of drug-likeness (QED) is 0.663. The Morgan fingerprint density at radius 2 is 1.94 bits per heavy atom. The average Bonchev–Trinajstić information content (AvgIpc) is 3.34. The predicted octanol–water partition coefficient (Wildman–Crippen LogP) is 3.76. The van der Waals surface area contributed by atoms with E-state index in [0.717, 1.165) is 27.8 Å². The maximum absolute atomic E-state index is 12.7. The van der Waals surface area contributed by atoms with Crippen LogP contribution in [-0.2, 0) is 9.59 Å². The van der Waals surface area contributed by atoms with Gasteiger partial charge in [-0.25, -0.2) is 0 Å². The standard InChI is InChI=1S/C23H22N2O5S/c1-2-17(16-6-4-3-5-7-16)21(26)24-10-11-25-22(27)20(31-23(25)28)13-15-8-9-18-19(12-15)30-14-29-18/h3-9,12-13,17H,2,10-11,14H2,1H3,(H,24,26)/b20-13+. The molecule has 160 valence electrons. The van der Waals surface area contributed by atoms with Crippen molar-refractivity contribution >= 4 is 34.9 Å². The molecule has 0 spiro atoms. The van der Waals surface area contributed by atoms with Gasteiger partial charge in [-0.2, -0.15) is 0 Å². The van der Waals surface area contributed by atoms with Crippen LogP contribution in [0.1, 0.15) is 30.4 Å². The fourth-order valence-electron chi connectivity index (χ4n) is 3.52. The Kier molecular flexibility index (Phi) is 6.27. The minimum atomic E-state index is -0.364. The molecule has 2 heterocycles. The molecular formula is C23H22N2O5S. The van der Waals surface area contributed by atoms with Crippen molar-refractivity contribution in [2.45, 2.75) is 19.3 Å². The summed E-state index contributed by atoms with van der Waals surface area (Å²) in [7, 11) is 0. The molecule has 0 radical (unpaired) electrons. The van der Waals surface area contributed by atoms with Crippen molar-refractivity contribution in [2.75, 3.05) is 19.9 Å². The van der Waals surface area contributed by atoms with Crippen LogP contribution in [-0.4, -0.2) is 41.8 Å². The first-order chi connectivity index (χ1) is 15.1. The number of nitrogens with one attached hydrogen (secondary N) is 1. The summed E-state index contributed by atoms with van der Waals surface area (Å²) >= 11 is 0.890. The lowest BCUT2D eigenvalue weighted by atomic mass is 9.96. The highest BCUT2D eigenvalue weighted by Gasteiger charge is 2.35. The summed E-state index contributed by atoms with van der Waals surface area (Å²) in [6.45, 7) is 2.45. The second-order valence-electron chi connectivity index (χ2n) is 7.11. The van der Waals surface area contributed by atoms with Gasteiger partial charge in [0.2, 0.25) is 12.7 Å². The van der Waals surface area contributed by atoms with Gasteiger partial charge in [0.05, 0.1) is 10.8 Å². The minimum absolute atomic E-state index is 0.114. The number of amides is 3. The van der Waals surface area contributed by atoms with E-state index < -0.39 is 0 Å². The Hall–Kier alpha value is -3.26. The molecule has 0 aromatic heterocycles. The molecule has 2 aromatic carbocycles. The van der Waals surface area contributed by atoms with Crippen LogP contribution in [0.2, 0.25) is 0 Å². The van der Waals surface area contributed by atoms with Gasteiger partial charge >= 0.3 is 0 Å². The molecular weight excluding hydrogens is 416 g/mol. The molecule has 1 N–H and O–H groups in total. The molecule has 7 nitrogen and oxygen atoms in total. The van der Waals surface area contributed by atoms with Crippen LogP contribution in [0.5, 0.6) is 11.5 Å². The number of rotatable bonds is 7. The van der Waals surface area contributed by atoms with E-state index in [0.29, 0.717) is 22.8 Å². The van der Waals surface area contributed by atoms with Crippen LogP contribution in [0.4, 0.5) is 4.79 Å². The Balaban J connectivity index is 1.35. The molecule has 1 saturated heterocycles. The molecule has 1 unspecified atom stereocenters. The van der Waals surface area contributed by atoms with Crippen molar-refractivity contribution < 1.29 is 23.9 Å². The zero-order chi connectivity index (χ0) is 21.8. The van der Waals surface area contributed by atoms with Crippen molar-refractivity contribution in [3.63, 3.8) is 0 Å². The molecule has 0 bridgehead atoms. The lowest BCUT2D eigenvalue weighted by Gasteiger charge is -2.17. The summed E-state index contributed by atoms with van der Waals surface area (Å²) in [5, 5.41) is 2.50.